The van der Waals surface area contributed by atoms with E-state index < -0.39 is 0 Å². The third-order valence-corrected chi connectivity index (χ3v) is 4.67. The number of anilines is 2. The Morgan fingerprint density at radius 1 is 1.05 bits per heavy atom. The third-order valence-electron chi connectivity index (χ3n) is 3.45. The number of nitrogens with zero attached hydrogens (tertiary/aromatic N) is 2. The van der Waals surface area contributed by atoms with E-state index in [4.69, 9.17) is 4.98 Å². The Hall–Kier alpha value is -2.07. The number of fused-ring (bicyclic) bond motifs is 1. The summed E-state index contributed by atoms with van der Waals surface area (Å²) in [6.45, 7) is 2.15. The molecule has 0 aliphatic rings. The van der Waals surface area contributed by atoms with Crippen molar-refractivity contribution in [1.29, 1.82) is 0 Å². The predicted molar refractivity (Wildman–Crippen MR) is 92.4 cm³/mol. The van der Waals surface area contributed by atoms with Gasteiger partial charge in [0.15, 0.2) is 0 Å². The number of aromatic nitrogens is 1. The maximum atomic E-state index is 4.70. The van der Waals surface area contributed by atoms with Crippen LogP contribution in [-0.2, 0) is 0 Å². The molecular weight excluding hydrogens is 278 g/mol. The van der Waals surface area contributed by atoms with E-state index in [-0.39, 0.29) is 6.04 Å². The van der Waals surface area contributed by atoms with Crippen LogP contribution in [0.4, 0.5) is 11.4 Å². The van der Waals surface area contributed by atoms with Gasteiger partial charge in [-0.25, -0.2) is 4.98 Å². The minimum Gasteiger partial charge on any atom is -0.378 e. The second kappa shape index (κ2) is 5.74. The molecule has 3 rings (SSSR count). The maximum absolute atomic E-state index is 4.70. The van der Waals surface area contributed by atoms with Crippen LogP contribution in [0.25, 0.3) is 10.2 Å². The van der Waals surface area contributed by atoms with Gasteiger partial charge in [0.1, 0.15) is 5.01 Å². The normalized spacial score (nSPS) is 12.3. The molecule has 0 fully saturated rings. The Morgan fingerprint density at radius 2 is 1.76 bits per heavy atom. The van der Waals surface area contributed by atoms with E-state index in [0.717, 1.165) is 16.2 Å². The van der Waals surface area contributed by atoms with E-state index in [1.807, 2.05) is 20.2 Å². The van der Waals surface area contributed by atoms with Crippen molar-refractivity contribution in [3.63, 3.8) is 0 Å². The van der Waals surface area contributed by atoms with Gasteiger partial charge in [0.25, 0.3) is 0 Å². The van der Waals surface area contributed by atoms with E-state index in [1.54, 1.807) is 11.3 Å². The summed E-state index contributed by atoms with van der Waals surface area (Å²) in [7, 11) is 4.10. The zero-order valence-corrected chi connectivity index (χ0v) is 13.3. The topological polar surface area (TPSA) is 28.2 Å². The molecule has 0 bridgehead atoms. The molecule has 0 radical (unpaired) electrons. The molecule has 1 heterocycles. The van der Waals surface area contributed by atoms with Gasteiger partial charge in [0, 0.05) is 25.5 Å². The van der Waals surface area contributed by atoms with Crippen LogP contribution in [0.3, 0.4) is 0 Å². The summed E-state index contributed by atoms with van der Waals surface area (Å²) in [4.78, 5) is 6.80. The van der Waals surface area contributed by atoms with Crippen LogP contribution in [0.1, 0.15) is 18.0 Å². The van der Waals surface area contributed by atoms with Crippen LogP contribution in [0.2, 0.25) is 0 Å². The SMILES string of the molecule is CC(Nc1ccc(N(C)C)cc1)c1nc2ccccc2s1. The molecule has 3 aromatic rings. The molecule has 4 heteroatoms. The van der Waals surface area contributed by atoms with Crippen LogP contribution >= 0.6 is 11.3 Å². The minimum atomic E-state index is 0.201. The molecular formula is C17H19N3S. The van der Waals surface area contributed by atoms with E-state index in [1.165, 1.54) is 10.4 Å². The summed E-state index contributed by atoms with van der Waals surface area (Å²) >= 11 is 1.75. The predicted octanol–water partition coefficient (Wildman–Crippen LogP) is 4.54. The molecule has 0 aliphatic heterocycles. The highest BCUT2D eigenvalue weighted by molar-refractivity contribution is 7.18. The Balaban J connectivity index is 1.77. The van der Waals surface area contributed by atoms with Crippen molar-refractivity contribution < 1.29 is 0 Å². The van der Waals surface area contributed by atoms with Crippen molar-refractivity contribution >= 4 is 32.9 Å². The first-order chi connectivity index (χ1) is 10.1. The smallest absolute Gasteiger partial charge is 0.116 e. The van der Waals surface area contributed by atoms with Crippen molar-refractivity contribution in [1.82, 2.24) is 4.98 Å². The molecule has 0 aliphatic carbocycles. The van der Waals surface area contributed by atoms with Crippen LogP contribution in [-0.4, -0.2) is 19.1 Å². The van der Waals surface area contributed by atoms with E-state index >= 15 is 0 Å². The highest BCUT2D eigenvalue weighted by Crippen LogP contribution is 2.28. The fourth-order valence-electron chi connectivity index (χ4n) is 2.24. The average Bonchev–Trinajstić information content (AvgIpc) is 2.92. The first-order valence-corrected chi connectivity index (χ1v) is 7.84. The second-order valence-corrected chi connectivity index (χ2v) is 6.39. The van der Waals surface area contributed by atoms with E-state index in [9.17, 15) is 0 Å². The van der Waals surface area contributed by atoms with Gasteiger partial charge in [-0.15, -0.1) is 11.3 Å². The summed E-state index contributed by atoms with van der Waals surface area (Å²) in [6, 6.07) is 16.9. The minimum absolute atomic E-state index is 0.201. The summed E-state index contributed by atoms with van der Waals surface area (Å²) < 4.78 is 1.24. The van der Waals surface area contributed by atoms with Gasteiger partial charge in [-0.3, -0.25) is 0 Å². The van der Waals surface area contributed by atoms with Crippen molar-refractivity contribution in [2.24, 2.45) is 0 Å². The van der Waals surface area contributed by atoms with Gasteiger partial charge in [-0.2, -0.15) is 0 Å². The second-order valence-electron chi connectivity index (χ2n) is 5.33. The standard InChI is InChI=1S/C17H19N3S/c1-12(17-19-15-6-4-5-7-16(15)21-17)18-13-8-10-14(11-9-13)20(2)3/h4-12,18H,1-3H3. The largest absolute Gasteiger partial charge is 0.378 e. The molecule has 3 nitrogen and oxygen atoms in total. The average molecular weight is 297 g/mol. The number of thiazole rings is 1. The van der Waals surface area contributed by atoms with Crippen molar-refractivity contribution in [2.75, 3.05) is 24.3 Å². The van der Waals surface area contributed by atoms with Crippen LogP contribution in [0.15, 0.2) is 48.5 Å². The molecule has 0 amide bonds. The monoisotopic (exact) mass is 297 g/mol. The Morgan fingerprint density at radius 3 is 2.43 bits per heavy atom. The number of hydrogen-bond donors (Lipinski definition) is 1. The van der Waals surface area contributed by atoms with Crippen LogP contribution < -0.4 is 10.2 Å². The quantitative estimate of drug-likeness (QED) is 0.766. The number of nitrogens with one attached hydrogen (secondary N) is 1. The van der Waals surface area contributed by atoms with Crippen molar-refractivity contribution in [3.05, 3.63) is 53.5 Å². The Kier molecular flexibility index (Phi) is 3.80. The lowest BCUT2D eigenvalue weighted by Crippen LogP contribution is -2.09. The number of rotatable bonds is 4. The first kappa shape index (κ1) is 13.9. The molecule has 0 saturated carbocycles. The molecule has 108 valence electrons. The molecule has 1 aromatic heterocycles. The van der Waals surface area contributed by atoms with Gasteiger partial charge in [0.2, 0.25) is 0 Å². The maximum Gasteiger partial charge on any atom is 0.116 e. The fourth-order valence-corrected chi connectivity index (χ4v) is 3.21. The first-order valence-electron chi connectivity index (χ1n) is 7.03. The third kappa shape index (κ3) is 3.00. The molecule has 1 atom stereocenters. The highest BCUT2D eigenvalue weighted by Gasteiger charge is 2.11. The van der Waals surface area contributed by atoms with Crippen LogP contribution in [0, 0.1) is 0 Å². The zero-order valence-electron chi connectivity index (χ0n) is 12.5. The van der Waals surface area contributed by atoms with Gasteiger partial charge >= 0.3 is 0 Å². The lowest BCUT2D eigenvalue weighted by molar-refractivity contribution is 0.874. The highest BCUT2D eigenvalue weighted by atomic mass is 32.1. The lowest BCUT2D eigenvalue weighted by atomic mass is 10.2. The lowest BCUT2D eigenvalue weighted by Gasteiger charge is -2.15. The summed E-state index contributed by atoms with van der Waals surface area (Å²) in [6.07, 6.45) is 0. The van der Waals surface area contributed by atoms with Gasteiger partial charge in [0.05, 0.1) is 16.3 Å². The van der Waals surface area contributed by atoms with Crippen molar-refractivity contribution in [2.45, 2.75) is 13.0 Å². The van der Waals surface area contributed by atoms with Crippen LogP contribution in [0.5, 0.6) is 0 Å². The number of hydrogen-bond acceptors (Lipinski definition) is 4. The molecule has 0 saturated heterocycles. The summed E-state index contributed by atoms with van der Waals surface area (Å²) in [5, 5.41) is 4.63. The van der Waals surface area contributed by atoms with Gasteiger partial charge in [-0.05, 0) is 43.3 Å². The molecule has 2 aromatic carbocycles. The van der Waals surface area contributed by atoms with Gasteiger partial charge in [-0.1, -0.05) is 12.1 Å². The van der Waals surface area contributed by atoms with Crippen molar-refractivity contribution in [3.8, 4) is 0 Å². The Bertz CT molecular complexity index is 698. The number of para-hydroxylation sites is 1. The summed E-state index contributed by atoms with van der Waals surface area (Å²) in [5.41, 5.74) is 3.40. The number of benzene rings is 2. The summed E-state index contributed by atoms with van der Waals surface area (Å²) in [5.74, 6) is 0. The molecule has 1 N–H and O–H groups in total. The van der Waals surface area contributed by atoms with Gasteiger partial charge < -0.3 is 10.2 Å². The Labute approximate surface area is 129 Å². The zero-order chi connectivity index (χ0) is 14.8. The molecule has 21 heavy (non-hydrogen) atoms. The van der Waals surface area contributed by atoms with E-state index in [2.05, 4.69) is 59.6 Å². The molecule has 1 unspecified atom stereocenters. The fraction of sp³-hybridized carbons (Fsp3) is 0.235. The van der Waals surface area contributed by atoms with E-state index in [0.29, 0.717) is 0 Å². The molecule has 0 spiro atoms.